The molecule has 0 radical (unpaired) electrons. The minimum atomic E-state index is -0.834. The van der Waals surface area contributed by atoms with Crippen molar-refractivity contribution < 1.29 is 19.2 Å². The van der Waals surface area contributed by atoms with Gasteiger partial charge in [-0.1, -0.05) is 5.16 Å². The molecule has 2 rings (SSSR count). The van der Waals surface area contributed by atoms with Crippen LogP contribution in [0.15, 0.2) is 4.52 Å². The molecule has 0 aliphatic carbocycles. The lowest BCUT2D eigenvalue weighted by Gasteiger charge is -2.18. The van der Waals surface area contributed by atoms with Gasteiger partial charge in [0.1, 0.15) is 0 Å². The minimum absolute atomic E-state index is 0.0506. The lowest BCUT2D eigenvalue weighted by Crippen LogP contribution is -2.15. The summed E-state index contributed by atoms with van der Waals surface area (Å²) in [6.07, 6.45) is 1.84. The molecule has 6 nitrogen and oxygen atoms in total. The lowest BCUT2D eigenvalue weighted by atomic mass is 10.00. The number of rotatable bonds is 5. The summed E-state index contributed by atoms with van der Waals surface area (Å²) >= 11 is 1.25. The van der Waals surface area contributed by atoms with Crippen LogP contribution in [0.3, 0.4) is 0 Å². The Hall–Kier alpha value is -1.08. The van der Waals surface area contributed by atoms with E-state index in [1.165, 1.54) is 11.8 Å². The van der Waals surface area contributed by atoms with Crippen molar-refractivity contribution in [3.05, 3.63) is 11.7 Å². The van der Waals surface area contributed by atoms with E-state index in [4.69, 9.17) is 14.4 Å². The highest BCUT2D eigenvalue weighted by molar-refractivity contribution is 7.99. The van der Waals surface area contributed by atoms with Crippen LogP contribution >= 0.6 is 11.8 Å². The number of aromatic nitrogens is 2. The Balaban J connectivity index is 1.84. The van der Waals surface area contributed by atoms with Crippen molar-refractivity contribution in [2.75, 3.05) is 19.0 Å². The van der Waals surface area contributed by atoms with Crippen LogP contribution in [0.2, 0.25) is 0 Å². The molecule has 0 spiro atoms. The van der Waals surface area contributed by atoms with Gasteiger partial charge in [-0.05, 0) is 12.8 Å². The molecule has 1 N–H and O–H groups in total. The molecule has 1 aliphatic heterocycles. The fourth-order valence-corrected chi connectivity index (χ4v) is 2.24. The van der Waals surface area contributed by atoms with Gasteiger partial charge in [-0.2, -0.15) is 4.98 Å². The molecule has 2 heterocycles. The first kappa shape index (κ1) is 12.4. The van der Waals surface area contributed by atoms with E-state index in [1.807, 2.05) is 0 Å². The Labute approximate surface area is 103 Å². The Morgan fingerprint density at radius 2 is 2.24 bits per heavy atom. The molecule has 1 aromatic heterocycles. The van der Waals surface area contributed by atoms with Gasteiger partial charge in [0, 0.05) is 19.1 Å². The molecule has 1 aromatic rings. The predicted octanol–water partition coefficient (Wildman–Crippen LogP) is 1.28. The summed E-state index contributed by atoms with van der Waals surface area (Å²) in [6, 6.07) is 0. The van der Waals surface area contributed by atoms with Gasteiger partial charge in [0.15, 0.2) is 5.82 Å². The fraction of sp³-hybridized carbons (Fsp3) is 0.700. The van der Waals surface area contributed by atoms with E-state index in [0.717, 1.165) is 31.9 Å². The molecule has 1 fully saturated rings. The summed E-state index contributed by atoms with van der Waals surface area (Å²) in [5, 5.41) is 12.4. The molecule has 0 bridgehead atoms. The van der Waals surface area contributed by atoms with Crippen molar-refractivity contribution in [3.63, 3.8) is 0 Å². The van der Waals surface area contributed by atoms with E-state index in [9.17, 15) is 4.79 Å². The molecule has 17 heavy (non-hydrogen) atoms. The van der Waals surface area contributed by atoms with E-state index in [0.29, 0.717) is 17.6 Å². The molecule has 7 heteroatoms. The van der Waals surface area contributed by atoms with Crippen molar-refractivity contribution in [2.24, 2.45) is 0 Å². The Bertz CT molecular complexity index is 376. The summed E-state index contributed by atoms with van der Waals surface area (Å²) in [5.41, 5.74) is 0. The van der Waals surface area contributed by atoms with Crippen LogP contribution in [0, 0.1) is 0 Å². The molecule has 0 aromatic carbocycles. The number of thioether (sulfide) groups is 1. The van der Waals surface area contributed by atoms with E-state index in [2.05, 4.69) is 10.1 Å². The van der Waals surface area contributed by atoms with E-state index >= 15 is 0 Å². The van der Waals surface area contributed by atoms with Gasteiger partial charge in [-0.15, -0.1) is 11.8 Å². The number of carboxylic acid groups (broad SMARTS) is 1. The zero-order chi connectivity index (χ0) is 12.1. The number of aliphatic carboxylic acids is 1. The zero-order valence-electron chi connectivity index (χ0n) is 9.29. The number of nitrogens with zero attached hydrogens (tertiary/aromatic N) is 2. The predicted molar refractivity (Wildman–Crippen MR) is 60.9 cm³/mol. The number of hydrogen-bond acceptors (Lipinski definition) is 6. The second-order valence-corrected chi connectivity index (χ2v) is 4.81. The van der Waals surface area contributed by atoms with E-state index in [1.54, 1.807) is 0 Å². The van der Waals surface area contributed by atoms with Crippen LogP contribution in [-0.2, 0) is 15.3 Å². The SMILES string of the molecule is O=C(O)CSCc1nc(C2CCOCC2)no1. The number of carboxylic acids is 1. The average molecular weight is 258 g/mol. The van der Waals surface area contributed by atoms with Gasteiger partial charge >= 0.3 is 5.97 Å². The van der Waals surface area contributed by atoms with Gasteiger partial charge in [-0.3, -0.25) is 4.79 Å². The van der Waals surface area contributed by atoms with Gasteiger partial charge in [0.05, 0.1) is 11.5 Å². The molecule has 0 saturated carbocycles. The van der Waals surface area contributed by atoms with Crippen molar-refractivity contribution in [3.8, 4) is 0 Å². The highest BCUT2D eigenvalue weighted by atomic mass is 32.2. The molecule has 0 unspecified atom stereocenters. The van der Waals surface area contributed by atoms with Crippen molar-refractivity contribution >= 4 is 17.7 Å². The topological polar surface area (TPSA) is 85.5 Å². The Kier molecular flexibility index (Phi) is 4.38. The summed E-state index contributed by atoms with van der Waals surface area (Å²) in [5.74, 6) is 1.19. The molecular formula is C10H14N2O4S. The molecule has 1 saturated heterocycles. The van der Waals surface area contributed by atoms with Gasteiger partial charge in [-0.25, -0.2) is 0 Å². The van der Waals surface area contributed by atoms with Crippen molar-refractivity contribution in [1.82, 2.24) is 10.1 Å². The normalized spacial score (nSPS) is 17.2. The smallest absolute Gasteiger partial charge is 0.313 e. The molecule has 94 valence electrons. The van der Waals surface area contributed by atoms with Crippen LogP contribution in [0.1, 0.15) is 30.5 Å². The average Bonchev–Trinajstić information content (AvgIpc) is 2.78. The molecule has 0 atom stereocenters. The van der Waals surface area contributed by atoms with Gasteiger partial charge in [0.2, 0.25) is 5.89 Å². The van der Waals surface area contributed by atoms with Crippen LogP contribution in [0.5, 0.6) is 0 Å². The quantitative estimate of drug-likeness (QED) is 0.851. The fourth-order valence-electron chi connectivity index (χ4n) is 1.67. The number of carbonyl (C=O) groups is 1. The Morgan fingerprint density at radius 1 is 1.47 bits per heavy atom. The Morgan fingerprint density at radius 3 is 2.94 bits per heavy atom. The monoisotopic (exact) mass is 258 g/mol. The van der Waals surface area contributed by atoms with Crippen LogP contribution in [0.4, 0.5) is 0 Å². The number of ether oxygens (including phenoxy) is 1. The zero-order valence-corrected chi connectivity index (χ0v) is 10.1. The van der Waals surface area contributed by atoms with Crippen LogP contribution in [-0.4, -0.2) is 40.2 Å². The van der Waals surface area contributed by atoms with Crippen molar-refractivity contribution in [2.45, 2.75) is 24.5 Å². The minimum Gasteiger partial charge on any atom is -0.481 e. The first-order chi connectivity index (χ1) is 8.25. The highest BCUT2D eigenvalue weighted by Gasteiger charge is 2.21. The number of hydrogen-bond donors (Lipinski definition) is 1. The first-order valence-corrected chi connectivity index (χ1v) is 6.61. The highest BCUT2D eigenvalue weighted by Crippen LogP contribution is 2.24. The third kappa shape index (κ3) is 3.71. The summed E-state index contributed by atoms with van der Waals surface area (Å²) < 4.78 is 10.3. The van der Waals surface area contributed by atoms with Crippen LogP contribution in [0.25, 0.3) is 0 Å². The first-order valence-electron chi connectivity index (χ1n) is 5.45. The maximum Gasteiger partial charge on any atom is 0.313 e. The lowest BCUT2D eigenvalue weighted by molar-refractivity contribution is -0.133. The third-order valence-electron chi connectivity index (χ3n) is 2.52. The molecule has 1 aliphatic rings. The second kappa shape index (κ2) is 6.02. The maximum atomic E-state index is 10.3. The standard InChI is InChI=1S/C10H14N2O4S/c13-9(14)6-17-5-8-11-10(12-16-8)7-1-3-15-4-2-7/h7H,1-6H2,(H,13,14). The van der Waals surface area contributed by atoms with Gasteiger partial charge in [0.25, 0.3) is 0 Å². The summed E-state index contributed by atoms with van der Waals surface area (Å²) in [6.45, 7) is 1.48. The third-order valence-corrected chi connectivity index (χ3v) is 3.42. The maximum absolute atomic E-state index is 10.3. The van der Waals surface area contributed by atoms with Gasteiger partial charge < -0.3 is 14.4 Å². The molecule has 0 amide bonds. The molecular weight excluding hydrogens is 244 g/mol. The van der Waals surface area contributed by atoms with E-state index < -0.39 is 5.97 Å². The largest absolute Gasteiger partial charge is 0.481 e. The summed E-state index contributed by atoms with van der Waals surface area (Å²) in [7, 11) is 0. The van der Waals surface area contributed by atoms with Crippen molar-refractivity contribution in [1.29, 1.82) is 0 Å². The van der Waals surface area contributed by atoms with Crippen LogP contribution < -0.4 is 0 Å². The summed E-state index contributed by atoms with van der Waals surface area (Å²) in [4.78, 5) is 14.6. The second-order valence-electron chi connectivity index (χ2n) is 3.82. The van der Waals surface area contributed by atoms with E-state index in [-0.39, 0.29) is 5.75 Å².